The molecule has 0 saturated carbocycles. The number of benzene rings is 2. The number of anilines is 2. The third-order valence-electron chi connectivity index (χ3n) is 5.44. The second kappa shape index (κ2) is 10.2. The number of thiazole rings is 1. The molecule has 0 fully saturated rings. The number of methoxy groups -OCH3 is 1. The molecule has 1 amide bonds. The summed E-state index contributed by atoms with van der Waals surface area (Å²) in [6, 6.07) is 17.4. The Hall–Kier alpha value is -3.89. The number of para-hydroxylation sites is 1. The first-order valence-corrected chi connectivity index (χ1v) is 12.0. The van der Waals surface area contributed by atoms with Crippen molar-refractivity contribution >= 4 is 34.7 Å². The monoisotopic (exact) mass is 488 g/mol. The van der Waals surface area contributed by atoms with E-state index in [1.165, 1.54) is 0 Å². The maximum atomic E-state index is 13.0. The lowest BCUT2D eigenvalue weighted by Gasteiger charge is -2.11. The maximum Gasteiger partial charge on any atom is 0.317 e. The SMILES string of the molecule is COCCCc1sc(C)nc1-c1nnc(N[C@H]2N=C(c3ccccc3)c3ccccc3NC2=O)o1. The van der Waals surface area contributed by atoms with Crippen molar-refractivity contribution in [3.05, 3.63) is 75.6 Å². The van der Waals surface area contributed by atoms with E-state index in [1.807, 2.05) is 61.5 Å². The number of benzodiazepines with no additional fused rings is 1. The first-order chi connectivity index (χ1) is 17.1. The molecule has 1 aliphatic heterocycles. The zero-order valence-electron chi connectivity index (χ0n) is 19.3. The summed E-state index contributed by atoms with van der Waals surface area (Å²) < 4.78 is 11.0. The normalized spacial score (nSPS) is 15.2. The van der Waals surface area contributed by atoms with Crippen molar-refractivity contribution in [2.24, 2.45) is 4.99 Å². The van der Waals surface area contributed by atoms with Gasteiger partial charge in [-0.3, -0.25) is 4.79 Å². The van der Waals surface area contributed by atoms with Crippen LogP contribution in [-0.4, -0.2) is 46.7 Å². The van der Waals surface area contributed by atoms with Gasteiger partial charge in [0.15, 0.2) is 0 Å². The molecule has 9 nitrogen and oxygen atoms in total. The van der Waals surface area contributed by atoms with E-state index in [0.717, 1.165) is 33.9 Å². The highest BCUT2D eigenvalue weighted by Gasteiger charge is 2.27. The summed E-state index contributed by atoms with van der Waals surface area (Å²) in [4.78, 5) is 23.4. The lowest BCUT2D eigenvalue weighted by Crippen LogP contribution is -2.32. The number of aromatic nitrogens is 3. The van der Waals surface area contributed by atoms with Gasteiger partial charge >= 0.3 is 6.01 Å². The van der Waals surface area contributed by atoms with Crippen molar-refractivity contribution in [1.82, 2.24) is 15.2 Å². The molecule has 1 aliphatic rings. The van der Waals surface area contributed by atoms with Gasteiger partial charge in [0.2, 0.25) is 6.17 Å². The molecule has 0 aliphatic carbocycles. The van der Waals surface area contributed by atoms with Gasteiger partial charge in [-0.25, -0.2) is 9.98 Å². The molecule has 0 saturated heterocycles. The van der Waals surface area contributed by atoms with E-state index in [1.54, 1.807) is 18.4 Å². The van der Waals surface area contributed by atoms with Gasteiger partial charge < -0.3 is 19.8 Å². The van der Waals surface area contributed by atoms with Crippen molar-refractivity contribution < 1.29 is 13.9 Å². The zero-order chi connectivity index (χ0) is 24.2. The summed E-state index contributed by atoms with van der Waals surface area (Å²) in [6.45, 7) is 2.60. The average Bonchev–Trinajstić information content (AvgIpc) is 3.45. The van der Waals surface area contributed by atoms with Gasteiger partial charge in [0, 0.05) is 29.7 Å². The molecular formula is C25H24N6O3S. The van der Waals surface area contributed by atoms with Crippen LogP contribution in [0, 0.1) is 6.92 Å². The van der Waals surface area contributed by atoms with Crippen LogP contribution in [0.1, 0.15) is 27.4 Å². The predicted octanol–water partition coefficient (Wildman–Crippen LogP) is 4.31. The van der Waals surface area contributed by atoms with Crippen LogP contribution in [0.3, 0.4) is 0 Å². The van der Waals surface area contributed by atoms with Crippen LogP contribution in [0.2, 0.25) is 0 Å². The Kier molecular flexibility index (Phi) is 6.64. The fraction of sp³-hybridized carbons (Fsp3) is 0.240. The van der Waals surface area contributed by atoms with Crippen molar-refractivity contribution in [3.8, 4) is 11.6 Å². The zero-order valence-corrected chi connectivity index (χ0v) is 20.1. The summed E-state index contributed by atoms with van der Waals surface area (Å²) in [5.74, 6) is -0.0262. The summed E-state index contributed by atoms with van der Waals surface area (Å²) in [5.41, 5.74) is 3.77. The molecule has 3 heterocycles. The Labute approximate surface area is 206 Å². The van der Waals surface area contributed by atoms with Crippen LogP contribution >= 0.6 is 11.3 Å². The van der Waals surface area contributed by atoms with E-state index >= 15 is 0 Å². The van der Waals surface area contributed by atoms with Crippen LogP contribution in [0.5, 0.6) is 0 Å². The smallest absolute Gasteiger partial charge is 0.317 e. The van der Waals surface area contributed by atoms with Crippen LogP contribution < -0.4 is 10.6 Å². The van der Waals surface area contributed by atoms with E-state index in [9.17, 15) is 4.79 Å². The second-order valence-corrected chi connectivity index (χ2v) is 9.23. The lowest BCUT2D eigenvalue weighted by atomic mass is 10.0. The molecular weight excluding hydrogens is 464 g/mol. The Morgan fingerprint density at radius 3 is 2.74 bits per heavy atom. The van der Waals surface area contributed by atoms with E-state index < -0.39 is 6.17 Å². The van der Waals surface area contributed by atoms with Crippen molar-refractivity contribution in [2.45, 2.75) is 25.9 Å². The Morgan fingerprint density at radius 2 is 1.91 bits per heavy atom. The highest BCUT2D eigenvalue weighted by molar-refractivity contribution is 7.12. The summed E-state index contributed by atoms with van der Waals surface area (Å²) in [6.07, 6.45) is 0.696. The van der Waals surface area contributed by atoms with Gasteiger partial charge in [0.05, 0.1) is 16.4 Å². The van der Waals surface area contributed by atoms with Crippen molar-refractivity contribution in [1.29, 1.82) is 0 Å². The molecule has 5 rings (SSSR count). The minimum absolute atomic E-state index is 0.0933. The van der Waals surface area contributed by atoms with Crippen LogP contribution in [0.25, 0.3) is 11.6 Å². The number of aliphatic imine (C=N–C) groups is 1. The van der Waals surface area contributed by atoms with Gasteiger partial charge in [-0.15, -0.1) is 16.4 Å². The molecule has 0 spiro atoms. The number of hydrogen-bond donors (Lipinski definition) is 2. The Bertz CT molecular complexity index is 1360. The summed E-state index contributed by atoms with van der Waals surface area (Å²) in [7, 11) is 1.68. The number of fused-ring (bicyclic) bond motifs is 1. The molecule has 4 aromatic rings. The second-order valence-electron chi connectivity index (χ2n) is 7.94. The minimum Gasteiger partial charge on any atom is -0.402 e. The van der Waals surface area contributed by atoms with E-state index in [2.05, 4.69) is 25.8 Å². The van der Waals surface area contributed by atoms with Gasteiger partial charge in [0.1, 0.15) is 5.69 Å². The van der Waals surface area contributed by atoms with Gasteiger partial charge in [0.25, 0.3) is 11.8 Å². The first-order valence-electron chi connectivity index (χ1n) is 11.2. The fourth-order valence-electron chi connectivity index (χ4n) is 3.86. The van der Waals surface area contributed by atoms with Crippen LogP contribution in [0.4, 0.5) is 11.7 Å². The summed E-state index contributed by atoms with van der Waals surface area (Å²) in [5, 5.41) is 15.1. The van der Waals surface area contributed by atoms with Crippen LogP contribution in [0.15, 0.2) is 64.0 Å². The van der Waals surface area contributed by atoms with E-state index in [-0.39, 0.29) is 11.9 Å². The largest absolute Gasteiger partial charge is 0.402 e. The summed E-state index contributed by atoms with van der Waals surface area (Å²) >= 11 is 1.60. The van der Waals surface area contributed by atoms with Gasteiger partial charge in [-0.05, 0) is 25.8 Å². The predicted molar refractivity (Wildman–Crippen MR) is 135 cm³/mol. The maximum absolute atomic E-state index is 13.0. The Morgan fingerprint density at radius 1 is 1.11 bits per heavy atom. The van der Waals surface area contributed by atoms with Gasteiger partial charge in [-0.2, -0.15) is 0 Å². The molecule has 178 valence electrons. The van der Waals surface area contributed by atoms with Crippen molar-refractivity contribution in [2.75, 3.05) is 24.4 Å². The number of carbonyl (C=O) groups is 1. The molecule has 2 N–H and O–H groups in total. The Balaban J connectivity index is 1.44. The molecule has 2 aromatic carbocycles. The van der Waals surface area contributed by atoms with Crippen molar-refractivity contribution in [3.63, 3.8) is 0 Å². The topological polar surface area (TPSA) is 115 Å². The first kappa shape index (κ1) is 22.9. The fourth-order valence-corrected chi connectivity index (χ4v) is 4.83. The molecule has 35 heavy (non-hydrogen) atoms. The van der Waals surface area contributed by atoms with Crippen LogP contribution in [-0.2, 0) is 16.0 Å². The quantitative estimate of drug-likeness (QED) is 0.355. The number of nitrogens with one attached hydrogen (secondary N) is 2. The average molecular weight is 489 g/mol. The standard InChI is InChI=1S/C25H24N6O3S/c1-15-26-21(19(35-15)13-8-14-33-2)24-30-31-25(34-24)29-22-23(32)27-18-12-7-6-11-17(18)20(28-22)16-9-4-3-5-10-16/h3-7,9-12,22H,8,13-14H2,1-2H3,(H,27,32)(H,29,31)/t22-/m1/s1. The number of aryl methyl sites for hydroxylation is 2. The molecule has 0 radical (unpaired) electrons. The number of ether oxygens (including phenoxy) is 1. The highest BCUT2D eigenvalue weighted by Crippen LogP contribution is 2.30. The number of nitrogens with zero attached hydrogens (tertiary/aromatic N) is 4. The minimum atomic E-state index is -0.968. The number of hydrogen-bond acceptors (Lipinski definition) is 9. The lowest BCUT2D eigenvalue weighted by molar-refractivity contribution is -0.116. The van der Waals surface area contributed by atoms with Gasteiger partial charge in [-0.1, -0.05) is 53.6 Å². The molecule has 2 aromatic heterocycles. The number of carbonyl (C=O) groups excluding carboxylic acids is 1. The molecule has 0 unspecified atom stereocenters. The number of amides is 1. The number of rotatable bonds is 8. The third kappa shape index (κ3) is 4.98. The molecule has 10 heteroatoms. The van der Waals surface area contributed by atoms with E-state index in [4.69, 9.17) is 14.1 Å². The molecule has 0 bridgehead atoms. The molecule has 1 atom stereocenters. The van der Waals surface area contributed by atoms with E-state index in [0.29, 0.717) is 29.6 Å². The third-order valence-corrected chi connectivity index (χ3v) is 6.47. The highest BCUT2D eigenvalue weighted by atomic mass is 32.1.